The molecular formula is C12H10BrClN2O2. The van der Waals surface area contributed by atoms with Gasteiger partial charge in [-0.15, -0.1) is 0 Å². The van der Waals surface area contributed by atoms with Gasteiger partial charge in [0.2, 0.25) is 5.75 Å². The highest BCUT2D eigenvalue weighted by molar-refractivity contribution is 9.10. The van der Waals surface area contributed by atoms with Crippen LogP contribution in [-0.2, 0) is 6.61 Å². The zero-order valence-corrected chi connectivity index (χ0v) is 11.9. The Kier molecular flexibility index (Phi) is 4.38. The Labute approximate surface area is 118 Å². The fraction of sp³-hybridized carbons (Fsp3) is 0.167. The van der Waals surface area contributed by atoms with E-state index in [0.29, 0.717) is 18.2 Å². The molecule has 2 aromatic rings. The first-order valence-electron chi connectivity index (χ1n) is 5.13. The van der Waals surface area contributed by atoms with Crippen LogP contribution in [0.3, 0.4) is 0 Å². The van der Waals surface area contributed by atoms with E-state index in [4.69, 9.17) is 21.1 Å². The van der Waals surface area contributed by atoms with Gasteiger partial charge in [0, 0.05) is 10.0 Å². The van der Waals surface area contributed by atoms with Gasteiger partial charge in [-0.05, 0) is 6.07 Å². The molecule has 2 rings (SSSR count). The van der Waals surface area contributed by atoms with Crippen LogP contribution in [0.25, 0.3) is 0 Å². The summed E-state index contributed by atoms with van der Waals surface area (Å²) in [5.74, 6) is 0.666. The van der Waals surface area contributed by atoms with E-state index < -0.39 is 0 Å². The molecule has 0 saturated heterocycles. The topological polar surface area (TPSA) is 44.2 Å². The molecule has 0 aliphatic heterocycles. The fourth-order valence-electron chi connectivity index (χ4n) is 1.37. The lowest BCUT2D eigenvalue weighted by Crippen LogP contribution is -2.01. The van der Waals surface area contributed by atoms with Crippen molar-refractivity contribution in [1.29, 1.82) is 0 Å². The van der Waals surface area contributed by atoms with E-state index in [1.54, 1.807) is 0 Å². The third kappa shape index (κ3) is 2.91. The zero-order valence-electron chi connectivity index (χ0n) is 9.56. The summed E-state index contributed by atoms with van der Waals surface area (Å²) < 4.78 is 11.7. The summed E-state index contributed by atoms with van der Waals surface area (Å²) in [6, 6.07) is 7.78. The summed E-state index contributed by atoms with van der Waals surface area (Å²) in [5, 5.41) is 0.231. The molecule has 18 heavy (non-hydrogen) atoms. The Hall–Kier alpha value is -1.33. The maximum absolute atomic E-state index is 5.88. The van der Waals surface area contributed by atoms with E-state index in [2.05, 4.69) is 25.9 Å². The van der Waals surface area contributed by atoms with Gasteiger partial charge in [0.15, 0.2) is 5.15 Å². The number of methoxy groups -OCH3 is 1. The molecule has 1 aromatic heterocycles. The van der Waals surface area contributed by atoms with Crippen molar-refractivity contribution in [3.8, 4) is 11.6 Å². The molecule has 0 aliphatic carbocycles. The largest absolute Gasteiger partial charge is 0.489 e. The normalized spacial score (nSPS) is 10.2. The second-order valence-corrected chi connectivity index (χ2v) is 4.60. The number of hydrogen-bond acceptors (Lipinski definition) is 4. The minimum absolute atomic E-state index is 0.231. The van der Waals surface area contributed by atoms with Crippen molar-refractivity contribution in [2.45, 2.75) is 6.61 Å². The summed E-state index contributed by atoms with van der Waals surface area (Å²) in [5.41, 5.74) is 1.01. The van der Waals surface area contributed by atoms with Gasteiger partial charge in [0.05, 0.1) is 7.11 Å². The van der Waals surface area contributed by atoms with Crippen LogP contribution in [0.1, 0.15) is 5.56 Å². The molecular weight excluding hydrogens is 320 g/mol. The fourth-order valence-corrected chi connectivity index (χ4v) is 1.97. The molecule has 0 saturated carbocycles. The van der Waals surface area contributed by atoms with E-state index in [9.17, 15) is 0 Å². The van der Waals surface area contributed by atoms with Gasteiger partial charge in [0.25, 0.3) is 5.88 Å². The standard InChI is InChI=1S/C12H10BrClN2O2/c1-17-10-11(14)15-7-16-12(10)18-6-8-4-2-3-5-9(8)13/h2-5,7H,6H2,1H3. The Morgan fingerprint density at radius 2 is 2.06 bits per heavy atom. The minimum atomic E-state index is 0.231. The smallest absolute Gasteiger partial charge is 0.262 e. The van der Waals surface area contributed by atoms with Gasteiger partial charge in [-0.3, -0.25) is 0 Å². The van der Waals surface area contributed by atoms with Crippen LogP contribution in [0.4, 0.5) is 0 Å². The Morgan fingerprint density at radius 1 is 1.28 bits per heavy atom. The van der Waals surface area contributed by atoms with Crippen molar-refractivity contribution in [2.24, 2.45) is 0 Å². The van der Waals surface area contributed by atoms with E-state index in [1.807, 2.05) is 24.3 Å². The van der Waals surface area contributed by atoms with Crippen molar-refractivity contribution >= 4 is 27.5 Å². The first-order chi connectivity index (χ1) is 8.72. The zero-order chi connectivity index (χ0) is 13.0. The molecule has 1 heterocycles. The average Bonchev–Trinajstić information content (AvgIpc) is 2.38. The second kappa shape index (κ2) is 6.02. The first kappa shape index (κ1) is 13.1. The molecule has 0 N–H and O–H groups in total. The van der Waals surface area contributed by atoms with E-state index in [0.717, 1.165) is 10.0 Å². The molecule has 1 aromatic carbocycles. The number of benzene rings is 1. The molecule has 0 bridgehead atoms. The van der Waals surface area contributed by atoms with Crippen molar-refractivity contribution < 1.29 is 9.47 Å². The number of aromatic nitrogens is 2. The molecule has 94 valence electrons. The van der Waals surface area contributed by atoms with Gasteiger partial charge < -0.3 is 9.47 Å². The van der Waals surface area contributed by atoms with Crippen LogP contribution in [0.5, 0.6) is 11.6 Å². The number of rotatable bonds is 4. The van der Waals surface area contributed by atoms with Crippen molar-refractivity contribution in [1.82, 2.24) is 9.97 Å². The Bertz CT molecular complexity index is 551. The van der Waals surface area contributed by atoms with Crippen LogP contribution in [-0.4, -0.2) is 17.1 Å². The number of ether oxygens (including phenoxy) is 2. The van der Waals surface area contributed by atoms with Crippen molar-refractivity contribution in [3.63, 3.8) is 0 Å². The van der Waals surface area contributed by atoms with Crippen LogP contribution in [0.2, 0.25) is 5.15 Å². The summed E-state index contributed by atoms with van der Waals surface area (Å²) in [6.07, 6.45) is 1.33. The molecule has 0 fully saturated rings. The van der Waals surface area contributed by atoms with Gasteiger partial charge >= 0.3 is 0 Å². The molecule has 0 radical (unpaired) electrons. The monoisotopic (exact) mass is 328 g/mol. The molecule has 0 unspecified atom stereocenters. The van der Waals surface area contributed by atoms with Crippen LogP contribution >= 0.6 is 27.5 Å². The lowest BCUT2D eigenvalue weighted by atomic mass is 10.2. The maximum atomic E-state index is 5.88. The highest BCUT2D eigenvalue weighted by Gasteiger charge is 2.12. The predicted octanol–water partition coefficient (Wildman–Crippen LogP) is 3.48. The molecule has 0 atom stereocenters. The minimum Gasteiger partial charge on any atom is -0.489 e. The summed E-state index contributed by atoms with van der Waals surface area (Å²) in [4.78, 5) is 7.82. The van der Waals surface area contributed by atoms with Crippen LogP contribution in [0.15, 0.2) is 35.1 Å². The maximum Gasteiger partial charge on any atom is 0.262 e. The summed E-state index contributed by atoms with van der Waals surface area (Å²) in [6.45, 7) is 0.366. The van der Waals surface area contributed by atoms with Crippen molar-refractivity contribution in [3.05, 3.63) is 45.8 Å². The van der Waals surface area contributed by atoms with Crippen LogP contribution < -0.4 is 9.47 Å². The molecule has 6 heteroatoms. The lowest BCUT2D eigenvalue weighted by molar-refractivity contribution is 0.271. The Balaban J connectivity index is 2.16. The summed E-state index contributed by atoms with van der Waals surface area (Å²) in [7, 11) is 1.50. The lowest BCUT2D eigenvalue weighted by Gasteiger charge is -2.10. The van der Waals surface area contributed by atoms with Crippen LogP contribution in [0, 0.1) is 0 Å². The van der Waals surface area contributed by atoms with Gasteiger partial charge in [-0.1, -0.05) is 45.7 Å². The average molecular weight is 330 g/mol. The molecule has 0 aliphatic rings. The van der Waals surface area contributed by atoms with Gasteiger partial charge in [-0.25, -0.2) is 4.98 Å². The quantitative estimate of drug-likeness (QED) is 0.806. The highest BCUT2D eigenvalue weighted by atomic mass is 79.9. The molecule has 4 nitrogen and oxygen atoms in total. The molecule has 0 spiro atoms. The predicted molar refractivity (Wildman–Crippen MR) is 72.1 cm³/mol. The SMILES string of the molecule is COc1c(Cl)ncnc1OCc1ccccc1Br. The number of hydrogen-bond donors (Lipinski definition) is 0. The molecule has 0 amide bonds. The third-order valence-electron chi connectivity index (χ3n) is 2.25. The van der Waals surface area contributed by atoms with Gasteiger partial charge in [-0.2, -0.15) is 4.98 Å². The number of nitrogens with zero attached hydrogens (tertiary/aromatic N) is 2. The van der Waals surface area contributed by atoms with Crippen molar-refractivity contribution in [2.75, 3.05) is 7.11 Å². The van der Waals surface area contributed by atoms with E-state index >= 15 is 0 Å². The first-order valence-corrected chi connectivity index (χ1v) is 6.30. The highest BCUT2D eigenvalue weighted by Crippen LogP contribution is 2.31. The second-order valence-electron chi connectivity index (χ2n) is 3.38. The van der Waals surface area contributed by atoms with E-state index in [-0.39, 0.29) is 5.15 Å². The van der Waals surface area contributed by atoms with E-state index in [1.165, 1.54) is 13.4 Å². The number of halogens is 2. The summed E-state index contributed by atoms with van der Waals surface area (Å²) >= 11 is 9.33. The third-order valence-corrected chi connectivity index (χ3v) is 3.30. The van der Waals surface area contributed by atoms with Gasteiger partial charge in [0.1, 0.15) is 12.9 Å². The Morgan fingerprint density at radius 3 is 2.78 bits per heavy atom.